The van der Waals surface area contributed by atoms with E-state index in [0.29, 0.717) is 11.5 Å². The average molecular weight is 291 g/mol. The smallest absolute Gasteiger partial charge is 0.250 e. The van der Waals surface area contributed by atoms with Gasteiger partial charge in [-0.1, -0.05) is 23.7 Å². The molecular weight excluding hydrogens is 276 g/mol. The van der Waals surface area contributed by atoms with Crippen LogP contribution < -0.4 is 15.8 Å². The number of ether oxygens (including phenoxy) is 1. The third-order valence-electron chi connectivity index (χ3n) is 2.72. The normalized spacial score (nSPS) is 10.3. The minimum Gasteiger partial charge on any atom is -0.457 e. The molecular formula is C15H15ClN2O2. The van der Waals surface area contributed by atoms with Crippen LogP contribution in [-0.2, 0) is 6.54 Å². The summed E-state index contributed by atoms with van der Waals surface area (Å²) in [6.07, 6.45) is 0. The number of carbonyl (C=O) groups is 1. The van der Waals surface area contributed by atoms with Gasteiger partial charge in [-0.3, -0.25) is 4.79 Å². The lowest BCUT2D eigenvalue weighted by Gasteiger charge is -2.09. The molecule has 1 amide bonds. The molecule has 5 heteroatoms. The first-order valence-corrected chi connectivity index (χ1v) is 6.48. The summed E-state index contributed by atoms with van der Waals surface area (Å²) in [7, 11) is 1.88. The molecule has 104 valence electrons. The number of nitrogens with two attached hydrogens (primary N) is 1. The van der Waals surface area contributed by atoms with Crippen LogP contribution in [0, 0.1) is 0 Å². The van der Waals surface area contributed by atoms with E-state index in [2.05, 4.69) is 5.32 Å². The first kappa shape index (κ1) is 14.4. The van der Waals surface area contributed by atoms with Gasteiger partial charge in [-0.2, -0.15) is 0 Å². The van der Waals surface area contributed by atoms with Crippen molar-refractivity contribution in [3.8, 4) is 11.5 Å². The molecule has 0 bridgehead atoms. The Labute approximate surface area is 122 Å². The molecule has 0 heterocycles. The van der Waals surface area contributed by atoms with Gasteiger partial charge in [-0.05, 0) is 36.9 Å². The Hall–Kier alpha value is -2.04. The van der Waals surface area contributed by atoms with Crippen LogP contribution in [0.2, 0.25) is 5.02 Å². The topological polar surface area (TPSA) is 64.3 Å². The monoisotopic (exact) mass is 290 g/mol. The van der Waals surface area contributed by atoms with Gasteiger partial charge in [0.2, 0.25) is 5.91 Å². The van der Waals surface area contributed by atoms with Crippen LogP contribution in [0.1, 0.15) is 15.9 Å². The van der Waals surface area contributed by atoms with E-state index in [4.69, 9.17) is 22.1 Å². The molecule has 0 aliphatic heterocycles. The molecule has 2 rings (SSSR count). The van der Waals surface area contributed by atoms with Crippen molar-refractivity contribution in [1.82, 2.24) is 5.32 Å². The van der Waals surface area contributed by atoms with Crippen LogP contribution in [0.25, 0.3) is 0 Å². The Morgan fingerprint density at radius 2 is 2.00 bits per heavy atom. The van der Waals surface area contributed by atoms with Crippen LogP contribution in [0.5, 0.6) is 11.5 Å². The lowest BCUT2D eigenvalue weighted by Crippen LogP contribution is -2.11. The fraction of sp³-hybridized carbons (Fsp3) is 0.133. The quantitative estimate of drug-likeness (QED) is 0.890. The Balaban J connectivity index is 2.19. The highest BCUT2D eigenvalue weighted by atomic mass is 35.5. The summed E-state index contributed by atoms with van der Waals surface area (Å²) in [6, 6.07) is 12.5. The predicted octanol–water partition coefficient (Wildman–Crippen LogP) is 2.95. The Morgan fingerprint density at radius 1 is 1.25 bits per heavy atom. The zero-order valence-corrected chi connectivity index (χ0v) is 11.8. The molecule has 20 heavy (non-hydrogen) atoms. The van der Waals surface area contributed by atoms with Gasteiger partial charge in [0.15, 0.2) is 0 Å². The molecule has 0 radical (unpaired) electrons. The Kier molecular flexibility index (Phi) is 4.61. The van der Waals surface area contributed by atoms with E-state index in [1.807, 2.05) is 31.3 Å². The third-order valence-corrected chi connectivity index (χ3v) is 3.03. The lowest BCUT2D eigenvalue weighted by atomic mass is 10.2. The van der Waals surface area contributed by atoms with Crippen LogP contribution in [0.3, 0.4) is 0 Å². The van der Waals surface area contributed by atoms with E-state index in [-0.39, 0.29) is 10.6 Å². The highest BCUT2D eigenvalue weighted by molar-refractivity contribution is 6.33. The van der Waals surface area contributed by atoms with Crippen LogP contribution in [-0.4, -0.2) is 13.0 Å². The second-order valence-corrected chi connectivity index (χ2v) is 4.69. The van der Waals surface area contributed by atoms with E-state index >= 15 is 0 Å². The molecule has 3 N–H and O–H groups in total. The number of hydrogen-bond acceptors (Lipinski definition) is 3. The standard InChI is InChI=1S/C15H15ClN2O2/c1-18-9-10-3-2-4-11(7-10)20-12-5-6-13(15(17)19)14(16)8-12/h2-8,18H,9H2,1H3,(H2,17,19). The number of amides is 1. The lowest BCUT2D eigenvalue weighted by molar-refractivity contribution is 0.100. The van der Waals surface area contributed by atoms with E-state index in [1.54, 1.807) is 18.2 Å². The molecule has 0 unspecified atom stereocenters. The van der Waals surface area contributed by atoms with Crippen molar-refractivity contribution >= 4 is 17.5 Å². The molecule has 0 aliphatic carbocycles. The first-order valence-electron chi connectivity index (χ1n) is 6.11. The summed E-state index contributed by atoms with van der Waals surface area (Å²) >= 11 is 5.98. The predicted molar refractivity (Wildman–Crippen MR) is 79.2 cm³/mol. The van der Waals surface area contributed by atoms with Gasteiger partial charge in [-0.25, -0.2) is 0 Å². The summed E-state index contributed by atoms with van der Waals surface area (Å²) in [4.78, 5) is 11.1. The van der Waals surface area contributed by atoms with E-state index in [1.165, 1.54) is 0 Å². The van der Waals surface area contributed by atoms with Gasteiger partial charge in [0.25, 0.3) is 0 Å². The zero-order chi connectivity index (χ0) is 14.5. The molecule has 0 fully saturated rings. The van der Waals surface area contributed by atoms with Gasteiger partial charge in [-0.15, -0.1) is 0 Å². The van der Waals surface area contributed by atoms with Gasteiger partial charge in [0.1, 0.15) is 11.5 Å². The van der Waals surface area contributed by atoms with Crippen molar-refractivity contribution in [3.05, 3.63) is 58.6 Å². The molecule has 4 nitrogen and oxygen atoms in total. The van der Waals surface area contributed by atoms with Crippen molar-refractivity contribution in [3.63, 3.8) is 0 Å². The number of nitrogens with one attached hydrogen (secondary N) is 1. The molecule has 0 saturated carbocycles. The van der Waals surface area contributed by atoms with Gasteiger partial charge in [0, 0.05) is 12.6 Å². The molecule has 0 saturated heterocycles. The van der Waals surface area contributed by atoms with Crippen LogP contribution >= 0.6 is 11.6 Å². The zero-order valence-electron chi connectivity index (χ0n) is 11.0. The van der Waals surface area contributed by atoms with Crippen molar-refractivity contribution in [2.75, 3.05) is 7.05 Å². The SMILES string of the molecule is CNCc1cccc(Oc2ccc(C(N)=O)c(Cl)c2)c1. The summed E-state index contributed by atoms with van der Waals surface area (Å²) in [5, 5.41) is 3.36. The molecule has 2 aromatic carbocycles. The van der Waals surface area contributed by atoms with E-state index in [0.717, 1.165) is 12.1 Å². The molecule has 0 aromatic heterocycles. The number of hydrogen-bond donors (Lipinski definition) is 2. The summed E-state index contributed by atoms with van der Waals surface area (Å²) in [5.41, 5.74) is 6.60. The van der Waals surface area contributed by atoms with Crippen molar-refractivity contribution in [2.24, 2.45) is 5.73 Å². The first-order chi connectivity index (χ1) is 9.60. The molecule has 0 aliphatic rings. The van der Waals surface area contributed by atoms with Gasteiger partial charge >= 0.3 is 0 Å². The number of halogens is 1. The fourth-order valence-corrected chi connectivity index (χ4v) is 2.08. The van der Waals surface area contributed by atoms with Crippen molar-refractivity contribution in [2.45, 2.75) is 6.54 Å². The molecule has 0 atom stereocenters. The number of benzene rings is 2. The number of primary amides is 1. The van der Waals surface area contributed by atoms with Crippen LogP contribution in [0.4, 0.5) is 0 Å². The summed E-state index contributed by atoms with van der Waals surface area (Å²) in [5.74, 6) is 0.708. The Bertz CT molecular complexity index is 629. The third kappa shape index (κ3) is 3.50. The van der Waals surface area contributed by atoms with Gasteiger partial charge in [0.05, 0.1) is 10.6 Å². The summed E-state index contributed by atoms with van der Waals surface area (Å²) < 4.78 is 5.72. The van der Waals surface area contributed by atoms with Crippen molar-refractivity contribution in [1.29, 1.82) is 0 Å². The fourth-order valence-electron chi connectivity index (χ4n) is 1.82. The van der Waals surface area contributed by atoms with Crippen LogP contribution in [0.15, 0.2) is 42.5 Å². The minimum absolute atomic E-state index is 0.279. The minimum atomic E-state index is -0.558. The van der Waals surface area contributed by atoms with E-state index in [9.17, 15) is 4.79 Å². The number of rotatable bonds is 5. The molecule has 0 spiro atoms. The maximum Gasteiger partial charge on any atom is 0.250 e. The van der Waals surface area contributed by atoms with Gasteiger partial charge < -0.3 is 15.8 Å². The maximum absolute atomic E-state index is 11.1. The highest BCUT2D eigenvalue weighted by Crippen LogP contribution is 2.27. The second kappa shape index (κ2) is 6.41. The number of carbonyl (C=O) groups excluding carboxylic acids is 1. The van der Waals surface area contributed by atoms with E-state index < -0.39 is 5.91 Å². The second-order valence-electron chi connectivity index (χ2n) is 4.29. The summed E-state index contributed by atoms with van der Waals surface area (Å²) in [6.45, 7) is 0.762. The maximum atomic E-state index is 11.1. The van der Waals surface area contributed by atoms with Crippen molar-refractivity contribution < 1.29 is 9.53 Å². The molecule has 2 aromatic rings. The largest absolute Gasteiger partial charge is 0.457 e. The average Bonchev–Trinajstić information content (AvgIpc) is 2.39. The highest BCUT2D eigenvalue weighted by Gasteiger charge is 2.08. The Morgan fingerprint density at radius 3 is 2.65 bits per heavy atom.